The summed E-state index contributed by atoms with van der Waals surface area (Å²) in [7, 11) is -3.58. The van der Waals surface area contributed by atoms with Gasteiger partial charge in [-0.2, -0.15) is 0 Å². The molecule has 0 aliphatic heterocycles. The Labute approximate surface area is 134 Å². The van der Waals surface area contributed by atoms with Crippen LogP contribution in [0.15, 0.2) is 29.2 Å². The van der Waals surface area contributed by atoms with E-state index in [0.29, 0.717) is 18.5 Å². The van der Waals surface area contributed by atoms with Crippen LogP contribution in [0, 0.1) is 0 Å². The molecule has 1 unspecified atom stereocenters. The molecule has 0 heterocycles. The summed E-state index contributed by atoms with van der Waals surface area (Å²) < 4.78 is 27.6. The lowest BCUT2D eigenvalue weighted by molar-refractivity contribution is -0.114. The number of anilines is 1. The summed E-state index contributed by atoms with van der Waals surface area (Å²) in [5, 5.41) is 3.33. The lowest BCUT2D eigenvalue weighted by atomic mass is 9.98. The van der Waals surface area contributed by atoms with Crippen molar-refractivity contribution < 1.29 is 13.2 Å². The summed E-state index contributed by atoms with van der Waals surface area (Å²) in [6, 6.07) is 6.11. The maximum absolute atomic E-state index is 12.4. The highest BCUT2D eigenvalue weighted by Crippen LogP contribution is 2.21. The van der Waals surface area contributed by atoms with Gasteiger partial charge in [0, 0.05) is 23.5 Å². The Morgan fingerprint density at radius 1 is 1.29 bits per heavy atom. The molecule has 0 aromatic heterocycles. The van der Waals surface area contributed by atoms with Crippen molar-refractivity contribution in [3.63, 3.8) is 0 Å². The molecule has 0 spiro atoms. The molecule has 1 amide bonds. The van der Waals surface area contributed by atoms with Crippen molar-refractivity contribution in [2.75, 3.05) is 10.6 Å². The molecule has 0 radical (unpaired) electrons. The molecule has 21 heavy (non-hydrogen) atoms. The Morgan fingerprint density at radius 3 is 2.29 bits per heavy atom. The van der Waals surface area contributed by atoms with E-state index in [1.165, 1.54) is 19.1 Å². The smallest absolute Gasteiger partial charge is 0.241 e. The van der Waals surface area contributed by atoms with Crippen LogP contribution in [0.4, 0.5) is 5.69 Å². The van der Waals surface area contributed by atoms with Gasteiger partial charge < -0.3 is 5.32 Å². The third kappa shape index (κ3) is 5.41. The number of nitrogens with one attached hydrogen (secondary N) is 2. The molecule has 0 aliphatic carbocycles. The van der Waals surface area contributed by atoms with Crippen LogP contribution in [0.1, 0.15) is 33.6 Å². The molecule has 5 nitrogen and oxygen atoms in total. The van der Waals surface area contributed by atoms with Crippen molar-refractivity contribution in [3.05, 3.63) is 24.3 Å². The average Bonchev–Trinajstić information content (AvgIpc) is 2.38. The van der Waals surface area contributed by atoms with Crippen molar-refractivity contribution in [1.29, 1.82) is 0 Å². The molecule has 118 valence electrons. The van der Waals surface area contributed by atoms with Crippen LogP contribution in [0.25, 0.3) is 0 Å². The molecule has 7 heteroatoms. The number of benzene rings is 1. The Bertz CT molecular complexity index is 587. The normalized spacial score (nSPS) is 14.5. The number of hydrogen-bond donors (Lipinski definition) is 2. The third-order valence-electron chi connectivity index (χ3n) is 3.29. The maximum Gasteiger partial charge on any atom is 0.241 e. The Morgan fingerprint density at radius 2 is 1.86 bits per heavy atom. The summed E-state index contributed by atoms with van der Waals surface area (Å²) in [5.74, 6) is -0.195. The molecular weight excluding hydrogens is 356 g/mol. The van der Waals surface area contributed by atoms with Crippen molar-refractivity contribution in [3.8, 4) is 0 Å². The number of carbonyl (C=O) groups is 1. The summed E-state index contributed by atoms with van der Waals surface area (Å²) in [6.45, 7) is 5.24. The number of hydrogen-bond acceptors (Lipinski definition) is 3. The first-order valence-electron chi connectivity index (χ1n) is 6.70. The van der Waals surface area contributed by atoms with Crippen LogP contribution in [-0.4, -0.2) is 25.2 Å². The maximum atomic E-state index is 12.4. The lowest BCUT2D eigenvalue weighted by Crippen LogP contribution is -2.45. The minimum Gasteiger partial charge on any atom is -0.326 e. The molecule has 0 saturated carbocycles. The molecule has 2 N–H and O–H groups in total. The van der Waals surface area contributed by atoms with Gasteiger partial charge in [0.1, 0.15) is 0 Å². The molecule has 0 bridgehead atoms. The van der Waals surface area contributed by atoms with Crippen molar-refractivity contribution in [2.24, 2.45) is 0 Å². The summed E-state index contributed by atoms with van der Waals surface area (Å²) in [6.07, 6.45) is 1.40. The van der Waals surface area contributed by atoms with Gasteiger partial charge in [-0.25, -0.2) is 13.1 Å². The first-order chi connectivity index (χ1) is 9.72. The summed E-state index contributed by atoms with van der Waals surface area (Å²) in [5.41, 5.74) is 0.0821. The lowest BCUT2D eigenvalue weighted by Gasteiger charge is -2.28. The largest absolute Gasteiger partial charge is 0.326 e. The van der Waals surface area contributed by atoms with Gasteiger partial charge in [-0.1, -0.05) is 22.9 Å². The highest BCUT2D eigenvalue weighted by molar-refractivity contribution is 9.09. The van der Waals surface area contributed by atoms with Gasteiger partial charge in [-0.3, -0.25) is 4.79 Å². The van der Waals surface area contributed by atoms with Crippen LogP contribution >= 0.6 is 15.9 Å². The topological polar surface area (TPSA) is 75.3 Å². The highest BCUT2D eigenvalue weighted by Gasteiger charge is 2.28. The van der Waals surface area contributed by atoms with Crippen LogP contribution < -0.4 is 10.0 Å². The molecule has 1 atom stereocenters. The fraction of sp³-hybridized carbons (Fsp3) is 0.500. The standard InChI is InChI=1S/C14H21BrN2O3S/c1-4-14(3,9-10-15)17-21(19,20)13-7-5-12(6-8-13)16-11(2)18/h5-8,17H,4,9-10H2,1-3H3,(H,16,18). The first-order valence-corrected chi connectivity index (χ1v) is 9.30. The van der Waals surface area contributed by atoms with E-state index in [1.807, 2.05) is 13.8 Å². The zero-order chi connectivity index (χ0) is 16.1. The molecule has 0 aliphatic rings. The van der Waals surface area contributed by atoms with Crippen LogP contribution in [0.5, 0.6) is 0 Å². The second-order valence-corrected chi connectivity index (χ2v) is 7.64. The van der Waals surface area contributed by atoms with E-state index in [9.17, 15) is 13.2 Å². The van der Waals surface area contributed by atoms with Crippen molar-refractivity contribution >= 4 is 37.5 Å². The minimum absolute atomic E-state index is 0.186. The van der Waals surface area contributed by atoms with Gasteiger partial charge in [0.15, 0.2) is 0 Å². The monoisotopic (exact) mass is 376 g/mol. The van der Waals surface area contributed by atoms with Crippen LogP contribution in [0.3, 0.4) is 0 Å². The van der Waals surface area contributed by atoms with E-state index >= 15 is 0 Å². The molecule has 1 aromatic rings. The van der Waals surface area contributed by atoms with E-state index in [0.717, 1.165) is 5.33 Å². The zero-order valence-electron chi connectivity index (χ0n) is 12.4. The van der Waals surface area contributed by atoms with E-state index in [4.69, 9.17) is 0 Å². The molecular formula is C14H21BrN2O3S. The first kappa shape index (κ1) is 18.1. The summed E-state index contributed by atoms with van der Waals surface area (Å²) >= 11 is 3.35. The second kappa shape index (κ2) is 7.38. The van der Waals surface area contributed by atoms with Gasteiger partial charge in [-0.05, 0) is 44.0 Å². The van der Waals surface area contributed by atoms with E-state index in [1.54, 1.807) is 12.1 Å². The molecule has 1 aromatic carbocycles. The van der Waals surface area contributed by atoms with Gasteiger partial charge in [0.05, 0.1) is 4.90 Å². The third-order valence-corrected chi connectivity index (χ3v) is 5.34. The number of sulfonamides is 1. The van der Waals surface area contributed by atoms with Gasteiger partial charge >= 0.3 is 0 Å². The number of halogens is 1. The van der Waals surface area contributed by atoms with Crippen molar-refractivity contribution in [1.82, 2.24) is 4.72 Å². The number of carbonyl (C=O) groups excluding carboxylic acids is 1. The number of amides is 1. The predicted molar refractivity (Wildman–Crippen MR) is 88.2 cm³/mol. The minimum atomic E-state index is -3.58. The van der Waals surface area contributed by atoms with E-state index in [2.05, 4.69) is 26.0 Å². The molecule has 0 fully saturated rings. The Kier molecular flexibility index (Phi) is 6.37. The average molecular weight is 377 g/mol. The molecule has 0 saturated heterocycles. The fourth-order valence-electron chi connectivity index (χ4n) is 1.81. The van der Waals surface area contributed by atoms with Crippen LogP contribution in [0.2, 0.25) is 0 Å². The van der Waals surface area contributed by atoms with E-state index in [-0.39, 0.29) is 10.8 Å². The second-order valence-electron chi connectivity index (χ2n) is 5.16. The fourth-order valence-corrected chi connectivity index (χ4v) is 4.20. The Hall–Kier alpha value is -0.920. The van der Waals surface area contributed by atoms with Crippen molar-refractivity contribution in [2.45, 2.75) is 44.0 Å². The van der Waals surface area contributed by atoms with Crippen LogP contribution in [-0.2, 0) is 14.8 Å². The van der Waals surface area contributed by atoms with Gasteiger partial charge in [0.25, 0.3) is 0 Å². The van der Waals surface area contributed by atoms with Gasteiger partial charge in [0.2, 0.25) is 15.9 Å². The SMILES string of the molecule is CCC(C)(CCBr)NS(=O)(=O)c1ccc(NC(C)=O)cc1. The van der Waals surface area contributed by atoms with E-state index < -0.39 is 15.6 Å². The summed E-state index contributed by atoms with van der Waals surface area (Å²) in [4.78, 5) is 11.1. The number of rotatable bonds is 7. The Balaban J connectivity index is 2.94. The predicted octanol–water partition coefficient (Wildman–Crippen LogP) is 2.88. The highest BCUT2D eigenvalue weighted by atomic mass is 79.9. The van der Waals surface area contributed by atoms with Gasteiger partial charge in [-0.15, -0.1) is 0 Å². The molecule has 1 rings (SSSR count). The quantitative estimate of drug-likeness (QED) is 0.718. The zero-order valence-corrected chi connectivity index (χ0v) is 14.8. The number of alkyl halides is 1.